The van der Waals surface area contributed by atoms with Crippen LogP contribution in [0, 0.1) is 11.8 Å². The highest BCUT2D eigenvalue weighted by Gasteiger charge is 2.50. The number of hydrogen-bond donors (Lipinski definition) is 0. The first kappa shape index (κ1) is 27.3. The minimum absolute atomic E-state index is 0.0166. The molecule has 0 saturated heterocycles. The first-order valence-corrected chi connectivity index (χ1v) is 14.7. The predicted octanol–water partition coefficient (Wildman–Crippen LogP) is 4.74. The molecule has 0 radical (unpaired) electrons. The van der Waals surface area contributed by atoms with Crippen molar-refractivity contribution in [3.05, 3.63) is 60.7 Å². The number of benzene rings is 2. The highest BCUT2D eigenvalue weighted by atomic mass is 28.4. The Morgan fingerprint density at radius 3 is 1.94 bits per heavy atom. The lowest BCUT2D eigenvalue weighted by Crippen LogP contribution is -2.66. The normalized spacial score (nSPS) is 17.7. The van der Waals surface area contributed by atoms with Crippen molar-refractivity contribution in [2.45, 2.75) is 64.3 Å². The van der Waals surface area contributed by atoms with Gasteiger partial charge in [0.05, 0.1) is 13.0 Å². The van der Waals surface area contributed by atoms with Crippen LogP contribution in [0.25, 0.3) is 0 Å². The summed E-state index contributed by atoms with van der Waals surface area (Å²) in [6.45, 7) is 7.60. The van der Waals surface area contributed by atoms with Gasteiger partial charge in [0.15, 0.2) is 0 Å². The van der Waals surface area contributed by atoms with Crippen LogP contribution < -0.4 is 10.4 Å². The molecule has 0 aromatic heterocycles. The standard InChI is InChI=1S/C29H41NO4Si/c1-29(2,3)35(23-16-10-8-11-17-23,24-18-12-9-13-19-24)34-21-15-7-6-14-20-27(31)25-22-26(25)28(32)30(4)33-5/h8-13,16-19,25-26H,6-7,14-15,20-22H2,1-5H3/t25-,26-/m0/s1. The highest BCUT2D eigenvalue weighted by Crippen LogP contribution is 2.41. The second kappa shape index (κ2) is 12.1. The molecule has 3 rings (SSSR count). The molecule has 0 aliphatic heterocycles. The van der Waals surface area contributed by atoms with Crippen molar-refractivity contribution in [3.8, 4) is 0 Å². The zero-order valence-corrected chi connectivity index (χ0v) is 23.0. The molecule has 0 unspecified atom stereocenters. The number of unbranched alkanes of at least 4 members (excludes halogenated alkanes) is 3. The van der Waals surface area contributed by atoms with Crippen LogP contribution in [0.1, 0.15) is 59.3 Å². The number of nitrogens with zero attached hydrogens (tertiary/aromatic N) is 1. The zero-order valence-electron chi connectivity index (χ0n) is 22.0. The van der Waals surface area contributed by atoms with Gasteiger partial charge in [0.1, 0.15) is 5.78 Å². The number of carbonyl (C=O) groups excluding carboxylic acids is 2. The Morgan fingerprint density at radius 2 is 1.43 bits per heavy atom. The quantitative estimate of drug-likeness (QED) is 0.229. The fourth-order valence-electron chi connectivity index (χ4n) is 5.07. The second-order valence-corrected chi connectivity index (χ2v) is 14.9. The largest absolute Gasteiger partial charge is 0.407 e. The minimum Gasteiger partial charge on any atom is -0.407 e. The van der Waals surface area contributed by atoms with Gasteiger partial charge >= 0.3 is 0 Å². The molecular formula is C29H41NO4Si. The number of amides is 1. The molecule has 0 N–H and O–H groups in total. The molecule has 5 nitrogen and oxygen atoms in total. The third-order valence-electron chi connectivity index (χ3n) is 7.16. The van der Waals surface area contributed by atoms with Crippen LogP contribution in [-0.2, 0) is 18.9 Å². The number of hydroxylamine groups is 2. The molecule has 1 amide bonds. The van der Waals surface area contributed by atoms with E-state index in [1.807, 2.05) is 0 Å². The predicted molar refractivity (Wildman–Crippen MR) is 143 cm³/mol. The van der Waals surface area contributed by atoms with Crippen molar-refractivity contribution in [3.63, 3.8) is 0 Å². The van der Waals surface area contributed by atoms with E-state index in [0.29, 0.717) is 19.4 Å². The Morgan fingerprint density at radius 1 is 0.886 bits per heavy atom. The zero-order chi connectivity index (χ0) is 25.5. The summed E-state index contributed by atoms with van der Waals surface area (Å²) in [7, 11) is 0.587. The third-order valence-corrected chi connectivity index (χ3v) is 12.2. The Kier molecular flexibility index (Phi) is 9.45. The third kappa shape index (κ3) is 6.49. The molecule has 35 heavy (non-hydrogen) atoms. The average molecular weight is 496 g/mol. The van der Waals surface area contributed by atoms with Crippen molar-refractivity contribution >= 4 is 30.4 Å². The van der Waals surface area contributed by atoms with Gasteiger partial charge in [0.25, 0.3) is 8.32 Å². The van der Waals surface area contributed by atoms with E-state index in [9.17, 15) is 9.59 Å². The summed E-state index contributed by atoms with van der Waals surface area (Å²) in [4.78, 5) is 29.5. The smallest absolute Gasteiger partial charge is 0.261 e. The number of rotatable bonds is 13. The monoisotopic (exact) mass is 495 g/mol. The Bertz CT molecular complexity index is 918. The van der Waals surface area contributed by atoms with Crippen LogP contribution in [0.2, 0.25) is 5.04 Å². The lowest BCUT2D eigenvalue weighted by molar-refractivity contribution is -0.170. The van der Waals surface area contributed by atoms with Crippen LogP contribution >= 0.6 is 0 Å². The maximum absolute atomic E-state index is 12.4. The number of hydrogen-bond acceptors (Lipinski definition) is 4. The van der Waals surface area contributed by atoms with E-state index in [0.717, 1.165) is 25.7 Å². The first-order chi connectivity index (χ1) is 16.7. The van der Waals surface area contributed by atoms with Crippen molar-refractivity contribution < 1.29 is 18.9 Å². The van der Waals surface area contributed by atoms with E-state index in [1.54, 1.807) is 7.05 Å². The van der Waals surface area contributed by atoms with E-state index >= 15 is 0 Å². The van der Waals surface area contributed by atoms with Gasteiger partial charge < -0.3 is 4.43 Å². The fraction of sp³-hybridized carbons (Fsp3) is 0.517. The number of ketones is 1. The molecule has 1 saturated carbocycles. The lowest BCUT2D eigenvalue weighted by Gasteiger charge is -2.43. The van der Waals surface area contributed by atoms with Crippen molar-refractivity contribution in [1.82, 2.24) is 5.06 Å². The van der Waals surface area contributed by atoms with E-state index in [1.165, 1.54) is 22.5 Å². The average Bonchev–Trinajstić information content (AvgIpc) is 3.66. The molecule has 1 aliphatic rings. The van der Waals surface area contributed by atoms with Gasteiger partial charge in [-0.3, -0.25) is 14.4 Å². The molecule has 2 aromatic carbocycles. The van der Waals surface area contributed by atoms with Gasteiger partial charge in [-0.2, -0.15) is 0 Å². The molecule has 190 valence electrons. The maximum atomic E-state index is 12.4. The van der Waals surface area contributed by atoms with E-state index in [-0.39, 0.29) is 28.6 Å². The van der Waals surface area contributed by atoms with Crippen molar-refractivity contribution in [1.29, 1.82) is 0 Å². The lowest BCUT2D eigenvalue weighted by atomic mass is 10.1. The number of carbonyl (C=O) groups is 2. The molecule has 1 fully saturated rings. The molecule has 6 heteroatoms. The van der Waals surface area contributed by atoms with Crippen LogP contribution in [0.5, 0.6) is 0 Å². The summed E-state index contributed by atoms with van der Waals surface area (Å²) in [5.74, 6) is -0.173. The first-order valence-electron chi connectivity index (χ1n) is 12.8. The van der Waals surface area contributed by atoms with Crippen LogP contribution in [-0.4, -0.2) is 45.8 Å². The topological polar surface area (TPSA) is 55.8 Å². The summed E-state index contributed by atoms with van der Waals surface area (Å²) in [6.07, 6.45) is 5.10. The Labute approximate surface area is 211 Å². The van der Waals surface area contributed by atoms with Crippen LogP contribution in [0.15, 0.2) is 60.7 Å². The Hall–Kier alpha value is -2.28. The molecular weight excluding hydrogens is 454 g/mol. The summed E-state index contributed by atoms with van der Waals surface area (Å²) in [6, 6.07) is 21.4. The van der Waals surface area contributed by atoms with Gasteiger partial charge in [0, 0.05) is 26.0 Å². The van der Waals surface area contributed by atoms with E-state index in [4.69, 9.17) is 9.26 Å². The highest BCUT2D eigenvalue weighted by molar-refractivity contribution is 6.99. The molecule has 0 bridgehead atoms. The van der Waals surface area contributed by atoms with Crippen LogP contribution in [0.4, 0.5) is 0 Å². The number of Topliss-reactive ketones (excluding diaryl/α,β-unsaturated/α-hetero) is 1. The molecule has 1 aliphatic carbocycles. The van der Waals surface area contributed by atoms with Gasteiger partial charge in [0.2, 0.25) is 5.91 Å². The summed E-state index contributed by atoms with van der Waals surface area (Å²) < 4.78 is 6.93. The van der Waals surface area contributed by atoms with E-state index < -0.39 is 8.32 Å². The summed E-state index contributed by atoms with van der Waals surface area (Å²) in [5.41, 5.74) is 0. The molecule has 2 aromatic rings. The van der Waals surface area contributed by atoms with Crippen molar-refractivity contribution in [2.75, 3.05) is 20.8 Å². The van der Waals surface area contributed by atoms with E-state index in [2.05, 4.69) is 81.4 Å². The summed E-state index contributed by atoms with van der Waals surface area (Å²) in [5, 5.41) is 3.81. The molecule has 0 heterocycles. The van der Waals surface area contributed by atoms with Gasteiger partial charge in [-0.25, -0.2) is 5.06 Å². The SMILES string of the molecule is CON(C)C(=O)[C@H]1C[C@@H]1C(=O)CCCCCCO[Si](c1ccccc1)(c1ccccc1)C(C)(C)C. The van der Waals surface area contributed by atoms with Crippen molar-refractivity contribution in [2.24, 2.45) is 11.8 Å². The Balaban J connectivity index is 1.50. The second-order valence-electron chi connectivity index (χ2n) is 10.6. The fourth-order valence-corrected chi connectivity index (χ4v) is 9.68. The van der Waals surface area contributed by atoms with Gasteiger partial charge in [-0.1, -0.05) is 94.3 Å². The summed E-state index contributed by atoms with van der Waals surface area (Å²) >= 11 is 0. The minimum atomic E-state index is -2.47. The molecule has 2 atom stereocenters. The van der Waals surface area contributed by atoms with Gasteiger partial charge in [-0.15, -0.1) is 0 Å². The molecule has 0 spiro atoms. The van der Waals surface area contributed by atoms with Crippen LogP contribution in [0.3, 0.4) is 0 Å². The maximum Gasteiger partial charge on any atom is 0.261 e. The van der Waals surface area contributed by atoms with Gasteiger partial charge in [-0.05, 0) is 34.7 Å².